The Labute approximate surface area is 145 Å². The zero-order chi connectivity index (χ0) is 17.6. The SMILES string of the molecule is O=C1CCC(=O)N1C(=O)OC(OCc1ccccc1)c1ccccc1. The van der Waals surface area contributed by atoms with Crippen molar-refractivity contribution in [1.82, 2.24) is 4.90 Å². The van der Waals surface area contributed by atoms with E-state index in [0.717, 1.165) is 5.56 Å². The van der Waals surface area contributed by atoms with Crippen LogP contribution in [0.1, 0.15) is 30.3 Å². The molecule has 1 heterocycles. The molecule has 1 saturated heterocycles. The minimum absolute atomic E-state index is 0.0226. The van der Waals surface area contributed by atoms with Crippen LogP contribution < -0.4 is 0 Å². The Bertz CT molecular complexity index is 744. The molecule has 1 aliphatic heterocycles. The van der Waals surface area contributed by atoms with Gasteiger partial charge in [0.2, 0.25) is 18.1 Å². The van der Waals surface area contributed by atoms with Gasteiger partial charge in [0.05, 0.1) is 6.61 Å². The predicted molar refractivity (Wildman–Crippen MR) is 88.0 cm³/mol. The summed E-state index contributed by atoms with van der Waals surface area (Å²) in [6, 6.07) is 18.3. The first kappa shape index (κ1) is 16.9. The third kappa shape index (κ3) is 4.10. The van der Waals surface area contributed by atoms with Gasteiger partial charge in [-0.05, 0) is 5.56 Å². The lowest BCUT2D eigenvalue weighted by Gasteiger charge is -2.21. The van der Waals surface area contributed by atoms with Crippen LogP contribution in [0.5, 0.6) is 0 Å². The number of likely N-dealkylation sites (tertiary alicyclic amines) is 1. The number of amides is 3. The number of hydrogen-bond acceptors (Lipinski definition) is 5. The number of carbonyl (C=O) groups is 3. The van der Waals surface area contributed by atoms with Crippen LogP contribution in [0.25, 0.3) is 0 Å². The summed E-state index contributed by atoms with van der Waals surface area (Å²) in [6.45, 7) is 0.218. The third-order valence-electron chi connectivity index (χ3n) is 3.76. The van der Waals surface area contributed by atoms with Crippen LogP contribution in [0.15, 0.2) is 60.7 Å². The highest BCUT2D eigenvalue weighted by atomic mass is 16.7. The Hall–Kier alpha value is -2.99. The van der Waals surface area contributed by atoms with E-state index in [0.29, 0.717) is 10.5 Å². The van der Waals surface area contributed by atoms with Crippen molar-refractivity contribution < 1.29 is 23.9 Å². The molecule has 0 aliphatic carbocycles. The van der Waals surface area contributed by atoms with E-state index in [1.54, 1.807) is 24.3 Å². The number of rotatable bonds is 5. The van der Waals surface area contributed by atoms with Gasteiger partial charge in [-0.25, -0.2) is 4.79 Å². The molecular weight excluding hydrogens is 322 g/mol. The van der Waals surface area contributed by atoms with E-state index in [2.05, 4.69) is 0 Å². The van der Waals surface area contributed by atoms with Crippen molar-refractivity contribution >= 4 is 17.9 Å². The molecule has 128 valence electrons. The van der Waals surface area contributed by atoms with Crippen molar-refractivity contribution in [1.29, 1.82) is 0 Å². The van der Waals surface area contributed by atoms with Crippen molar-refractivity contribution in [2.75, 3.05) is 0 Å². The molecule has 1 aliphatic rings. The van der Waals surface area contributed by atoms with E-state index in [1.165, 1.54) is 0 Å². The molecule has 1 unspecified atom stereocenters. The standard InChI is InChI=1S/C19H17NO5/c21-16-11-12-17(22)20(16)19(23)25-18(15-9-5-2-6-10-15)24-13-14-7-3-1-4-8-14/h1-10,18H,11-13H2. The molecule has 0 N–H and O–H groups in total. The molecule has 6 heteroatoms. The van der Waals surface area contributed by atoms with Crippen LogP contribution in [-0.4, -0.2) is 22.8 Å². The average molecular weight is 339 g/mol. The van der Waals surface area contributed by atoms with Crippen LogP contribution in [0.2, 0.25) is 0 Å². The molecule has 6 nitrogen and oxygen atoms in total. The summed E-state index contributed by atoms with van der Waals surface area (Å²) in [5.74, 6) is -1.10. The zero-order valence-corrected chi connectivity index (χ0v) is 13.5. The predicted octanol–water partition coefficient (Wildman–Crippen LogP) is 3.19. The maximum Gasteiger partial charge on any atom is 0.426 e. The van der Waals surface area contributed by atoms with Gasteiger partial charge in [-0.3, -0.25) is 9.59 Å². The molecule has 3 amide bonds. The number of carbonyl (C=O) groups excluding carboxylic acids is 3. The Kier molecular flexibility index (Phi) is 5.20. The Morgan fingerprint density at radius 3 is 2.08 bits per heavy atom. The molecule has 2 aromatic carbocycles. The van der Waals surface area contributed by atoms with Gasteiger partial charge in [0.25, 0.3) is 0 Å². The maximum atomic E-state index is 12.2. The van der Waals surface area contributed by atoms with Gasteiger partial charge in [0.15, 0.2) is 0 Å². The minimum Gasteiger partial charge on any atom is -0.414 e. The van der Waals surface area contributed by atoms with Crippen molar-refractivity contribution in [3.63, 3.8) is 0 Å². The van der Waals surface area contributed by atoms with Crippen molar-refractivity contribution in [2.45, 2.75) is 25.7 Å². The first-order valence-corrected chi connectivity index (χ1v) is 7.92. The summed E-state index contributed by atoms with van der Waals surface area (Å²) < 4.78 is 11.0. The van der Waals surface area contributed by atoms with Gasteiger partial charge in [-0.2, -0.15) is 4.90 Å². The zero-order valence-electron chi connectivity index (χ0n) is 13.5. The largest absolute Gasteiger partial charge is 0.426 e. The molecule has 0 aromatic heterocycles. The highest BCUT2D eigenvalue weighted by Crippen LogP contribution is 2.23. The Morgan fingerprint density at radius 2 is 1.48 bits per heavy atom. The summed E-state index contributed by atoms with van der Waals surface area (Å²) in [4.78, 5) is 36.2. The Morgan fingerprint density at radius 1 is 0.920 bits per heavy atom. The van der Waals surface area contributed by atoms with Crippen LogP contribution in [0.3, 0.4) is 0 Å². The summed E-state index contributed by atoms with van der Waals surface area (Å²) in [5, 5.41) is 0. The van der Waals surface area contributed by atoms with E-state index in [-0.39, 0.29) is 19.4 Å². The fraction of sp³-hybridized carbons (Fsp3) is 0.211. The fourth-order valence-corrected chi connectivity index (χ4v) is 2.48. The van der Waals surface area contributed by atoms with Crippen molar-refractivity contribution in [3.8, 4) is 0 Å². The molecule has 3 rings (SSSR count). The maximum absolute atomic E-state index is 12.2. The molecule has 0 radical (unpaired) electrons. The van der Waals surface area contributed by atoms with Crippen molar-refractivity contribution in [3.05, 3.63) is 71.8 Å². The molecule has 2 aromatic rings. The lowest BCUT2D eigenvalue weighted by Crippen LogP contribution is -2.37. The van der Waals surface area contributed by atoms with Crippen LogP contribution in [-0.2, 0) is 25.7 Å². The second-order valence-electron chi connectivity index (χ2n) is 5.55. The van der Waals surface area contributed by atoms with E-state index in [1.807, 2.05) is 36.4 Å². The molecule has 1 atom stereocenters. The summed E-state index contributed by atoms with van der Waals surface area (Å²) in [7, 11) is 0. The van der Waals surface area contributed by atoms with E-state index >= 15 is 0 Å². The average Bonchev–Trinajstić information content (AvgIpc) is 2.98. The summed E-state index contributed by atoms with van der Waals surface area (Å²) >= 11 is 0. The number of nitrogens with zero attached hydrogens (tertiary/aromatic N) is 1. The lowest BCUT2D eigenvalue weighted by atomic mass is 10.2. The smallest absolute Gasteiger partial charge is 0.414 e. The van der Waals surface area contributed by atoms with Crippen LogP contribution in [0, 0.1) is 0 Å². The molecule has 1 fully saturated rings. The second kappa shape index (κ2) is 7.72. The second-order valence-corrected chi connectivity index (χ2v) is 5.55. The highest BCUT2D eigenvalue weighted by Gasteiger charge is 2.37. The van der Waals surface area contributed by atoms with Gasteiger partial charge in [0.1, 0.15) is 0 Å². The molecule has 0 spiro atoms. The third-order valence-corrected chi connectivity index (χ3v) is 3.76. The molecule has 0 bridgehead atoms. The summed E-state index contributed by atoms with van der Waals surface area (Å²) in [5.41, 5.74) is 1.53. The molecule has 25 heavy (non-hydrogen) atoms. The van der Waals surface area contributed by atoms with Gasteiger partial charge in [0, 0.05) is 18.4 Å². The lowest BCUT2D eigenvalue weighted by molar-refractivity contribution is -0.145. The highest BCUT2D eigenvalue weighted by molar-refractivity contribution is 6.13. The van der Waals surface area contributed by atoms with E-state index in [9.17, 15) is 14.4 Å². The van der Waals surface area contributed by atoms with Crippen LogP contribution in [0.4, 0.5) is 4.79 Å². The molecule has 0 saturated carbocycles. The first-order chi connectivity index (χ1) is 12.1. The number of hydrogen-bond donors (Lipinski definition) is 0. The Balaban J connectivity index is 1.73. The first-order valence-electron chi connectivity index (χ1n) is 7.92. The number of benzene rings is 2. The van der Waals surface area contributed by atoms with Gasteiger partial charge in [-0.15, -0.1) is 0 Å². The minimum atomic E-state index is -1.02. The quantitative estimate of drug-likeness (QED) is 0.618. The summed E-state index contributed by atoms with van der Waals surface area (Å²) in [6.07, 6.45) is -1.98. The van der Waals surface area contributed by atoms with E-state index in [4.69, 9.17) is 9.47 Å². The molecular formula is C19H17NO5. The van der Waals surface area contributed by atoms with Gasteiger partial charge >= 0.3 is 6.09 Å². The number of ether oxygens (including phenoxy) is 2. The number of imide groups is 3. The van der Waals surface area contributed by atoms with Gasteiger partial charge < -0.3 is 9.47 Å². The van der Waals surface area contributed by atoms with Gasteiger partial charge in [-0.1, -0.05) is 60.7 Å². The van der Waals surface area contributed by atoms with Crippen molar-refractivity contribution in [2.24, 2.45) is 0 Å². The monoisotopic (exact) mass is 339 g/mol. The van der Waals surface area contributed by atoms with Crippen LogP contribution >= 0.6 is 0 Å². The topological polar surface area (TPSA) is 72.9 Å². The fourth-order valence-electron chi connectivity index (χ4n) is 2.48. The van der Waals surface area contributed by atoms with E-state index < -0.39 is 24.2 Å². The normalized spacial score (nSPS) is 15.3.